The second-order valence-electron chi connectivity index (χ2n) is 4.69. The number of halogens is 2. The second kappa shape index (κ2) is 5.50. The summed E-state index contributed by atoms with van der Waals surface area (Å²) < 4.78 is 1.79. The Balaban J connectivity index is 2.02. The van der Waals surface area contributed by atoms with Crippen molar-refractivity contribution >= 4 is 60.5 Å². The minimum atomic E-state index is 0.0189. The van der Waals surface area contributed by atoms with E-state index in [1.54, 1.807) is 0 Å². The van der Waals surface area contributed by atoms with E-state index < -0.39 is 0 Å². The SMILES string of the molecule is Nc1ccc2c(c1)N(C(=O)c1cc(Br)sc1Br)CCC2. The Morgan fingerprint density at radius 2 is 2.10 bits per heavy atom. The average molecular weight is 416 g/mol. The molecule has 1 aliphatic heterocycles. The third-order valence-corrected chi connectivity index (χ3v) is 5.70. The fraction of sp³-hybridized carbons (Fsp3) is 0.214. The zero-order chi connectivity index (χ0) is 14.3. The molecule has 0 saturated heterocycles. The van der Waals surface area contributed by atoms with Crippen LogP contribution < -0.4 is 10.6 Å². The van der Waals surface area contributed by atoms with Crippen molar-refractivity contribution in [2.24, 2.45) is 0 Å². The summed E-state index contributed by atoms with van der Waals surface area (Å²) in [6.45, 7) is 0.731. The zero-order valence-electron chi connectivity index (χ0n) is 10.5. The number of thiophene rings is 1. The van der Waals surface area contributed by atoms with E-state index in [0.717, 1.165) is 32.6 Å². The molecule has 0 fully saturated rings. The molecular weight excluding hydrogens is 404 g/mol. The maximum absolute atomic E-state index is 12.7. The molecule has 2 aromatic rings. The van der Waals surface area contributed by atoms with E-state index in [2.05, 4.69) is 31.9 Å². The first-order valence-corrected chi connectivity index (χ1v) is 8.61. The van der Waals surface area contributed by atoms with E-state index >= 15 is 0 Å². The number of fused-ring (bicyclic) bond motifs is 1. The Labute approximate surface area is 138 Å². The number of nitrogens with zero attached hydrogens (tertiary/aromatic N) is 1. The molecule has 0 radical (unpaired) electrons. The number of rotatable bonds is 1. The summed E-state index contributed by atoms with van der Waals surface area (Å²) in [4.78, 5) is 14.6. The maximum atomic E-state index is 12.7. The van der Waals surface area contributed by atoms with Crippen molar-refractivity contribution < 1.29 is 4.79 Å². The molecule has 1 aromatic carbocycles. The van der Waals surface area contributed by atoms with Gasteiger partial charge in [0.05, 0.1) is 13.1 Å². The average Bonchev–Trinajstić information content (AvgIpc) is 2.76. The van der Waals surface area contributed by atoms with E-state index in [-0.39, 0.29) is 5.91 Å². The van der Waals surface area contributed by atoms with E-state index in [1.807, 2.05) is 29.2 Å². The topological polar surface area (TPSA) is 46.3 Å². The first-order valence-electron chi connectivity index (χ1n) is 6.21. The van der Waals surface area contributed by atoms with Gasteiger partial charge in [0.1, 0.15) is 0 Å². The van der Waals surface area contributed by atoms with Crippen LogP contribution in [0.1, 0.15) is 22.3 Å². The van der Waals surface area contributed by atoms with Gasteiger partial charge in [-0.2, -0.15) is 0 Å². The molecule has 0 aliphatic carbocycles. The summed E-state index contributed by atoms with van der Waals surface area (Å²) in [5.74, 6) is 0.0189. The quantitative estimate of drug-likeness (QED) is 0.699. The van der Waals surface area contributed by atoms with Crippen molar-refractivity contribution in [2.75, 3.05) is 17.2 Å². The van der Waals surface area contributed by atoms with Crippen molar-refractivity contribution in [3.05, 3.63) is 43.0 Å². The van der Waals surface area contributed by atoms with Crippen LogP contribution in [0.25, 0.3) is 0 Å². The Bertz CT molecular complexity index is 684. The summed E-state index contributed by atoms with van der Waals surface area (Å²) in [5.41, 5.74) is 9.37. The summed E-state index contributed by atoms with van der Waals surface area (Å²) in [6.07, 6.45) is 1.97. The summed E-state index contributed by atoms with van der Waals surface area (Å²) in [7, 11) is 0. The Kier molecular flexibility index (Phi) is 3.88. The highest BCUT2D eigenvalue weighted by Crippen LogP contribution is 2.35. The van der Waals surface area contributed by atoms with Gasteiger partial charge in [-0.1, -0.05) is 6.07 Å². The van der Waals surface area contributed by atoms with Crippen LogP contribution in [0, 0.1) is 0 Å². The number of nitrogen functional groups attached to an aromatic ring is 1. The van der Waals surface area contributed by atoms with Gasteiger partial charge in [-0.05, 0) is 68.5 Å². The van der Waals surface area contributed by atoms with Crippen LogP contribution in [0.3, 0.4) is 0 Å². The van der Waals surface area contributed by atoms with Crippen molar-refractivity contribution in [3.63, 3.8) is 0 Å². The lowest BCUT2D eigenvalue weighted by Gasteiger charge is -2.29. The number of hydrogen-bond acceptors (Lipinski definition) is 3. The molecule has 0 unspecified atom stereocenters. The van der Waals surface area contributed by atoms with Gasteiger partial charge in [0, 0.05) is 17.9 Å². The van der Waals surface area contributed by atoms with E-state index in [1.165, 1.54) is 16.9 Å². The fourth-order valence-corrected chi connectivity index (χ4v) is 5.21. The molecule has 0 bridgehead atoms. The molecule has 1 aliphatic rings. The van der Waals surface area contributed by atoms with E-state index in [4.69, 9.17) is 5.73 Å². The largest absolute Gasteiger partial charge is 0.399 e. The second-order valence-corrected chi connectivity index (χ2v) is 8.44. The number of amides is 1. The molecule has 104 valence electrons. The van der Waals surface area contributed by atoms with Gasteiger partial charge >= 0.3 is 0 Å². The van der Waals surface area contributed by atoms with Crippen LogP contribution in [0.5, 0.6) is 0 Å². The molecule has 3 rings (SSSR count). The van der Waals surface area contributed by atoms with Gasteiger partial charge in [0.25, 0.3) is 5.91 Å². The molecule has 0 saturated carbocycles. The number of benzene rings is 1. The summed E-state index contributed by atoms with van der Waals surface area (Å²) in [5, 5.41) is 0. The highest BCUT2D eigenvalue weighted by molar-refractivity contribution is 9.12. The van der Waals surface area contributed by atoms with Gasteiger partial charge < -0.3 is 10.6 Å². The first-order chi connectivity index (χ1) is 9.56. The maximum Gasteiger partial charge on any atom is 0.260 e. The zero-order valence-corrected chi connectivity index (χ0v) is 14.5. The predicted octanol–water partition coefficient (Wildman–Crippen LogP) is 4.45. The van der Waals surface area contributed by atoms with E-state index in [9.17, 15) is 4.79 Å². The molecule has 20 heavy (non-hydrogen) atoms. The van der Waals surface area contributed by atoms with Gasteiger partial charge in [0.2, 0.25) is 0 Å². The number of nitrogens with two attached hydrogens (primary N) is 1. The van der Waals surface area contributed by atoms with Crippen molar-refractivity contribution in [3.8, 4) is 0 Å². The minimum Gasteiger partial charge on any atom is -0.399 e. The highest BCUT2D eigenvalue weighted by Gasteiger charge is 2.26. The lowest BCUT2D eigenvalue weighted by molar-refractivity contribution is 0.0985. The van der Waals surface area contributed by atoms with Crippen LogP contribution in [-0.4, -0.2) is 12.5 Å². The van der Waals surface area contributed by atoms with Crippen molar-refractivity contribution in [2.45, 2.75) is 12.8 Å². The minimum absolute atomic E-state index is 0.0189. The lowest BCUT2D eigenvalue weighted by Crippen LogP contribution is -2.35. The Morgan fingerprint density at radius 3 is 2.80 bits per heavy atom. The fourth-order valence-electron chi connectivity index (χ4n) is 2.43. The number of hydrogen-bond donors (Lipinski definition) is 1. The van der Waals surface area contributed by atoms with Crippen LogP contribution in [0.4, 0.5) is 11.4 Å². The molecule has 6 heteroatoms. The third-order valence-electron chi connectivity index (χ3n) is 3.36. The number of carbonyl (C=O) groups is 1. The predicted molar refractivity (Wildman–Crippen MR) is 90.6 cm³/mol. The Hall–Kier alpha value is -0.850. The normalized spacial score (nSPS) is 14.2. The van der Waals surface area contributed by atoms with E-state index in [0.29, 0.717) is 11.3 Å². The van der Waals surface area contributed by atoms with Crippen molar-refractivity contribution in [1.29, 1.82) is 0 Å². The molecule has 0 spiro atoms. The van der Waals surface area contributed by atoms with Crippen LogP contribution in [-0.2, 0) is 6.42 Å². The number of carbonyl (C=O) groups excluding carboxylic acids is 1. The number of anilines is 2. The summed E-state index contributed by atoms with van der Waals surface area (Å²) >= 11 is 8.38. The van der Waals surface area contributed by atoms with Gasteiger partial charge in [0.15, 0.2) is 0 Å². The number of aryl methyl sites for hydroxylation is 1. The van der Waals surface area contributed by atoms with Crippen molar-refractivity contribution in [1.82, 2.24) is 0 Å². The third kappa shape index (κ3) is 2.52. The molecule has 1 aromatic heterocycles. The molecule has 0 atom stereocenters. The summed E-state index contributed by atoms with van der Waals surface area (Å²) in [6, 6.07) is 7.66. The van der Waals surface area contributed by atoms with Gasteiger partial charge in [-0.25, -0.2) is 0 Å². The first kappa shape index (κ1) is 14.1. The molecule has 3 nitrogen and oxygen atoms in total. The molecule has 2 N–H and O–H groups in total. The monoisotopic (exact) mass is 414 g/mol. The molecular formula is C14H12Br2N2OS. The van der Waals surface area contributed by atoms with Crippen LogP contribution in [0.2, 0.25) is 0 Å². The molecule has 2 heterocycles. The van der Waals surface area contributed by atoms with Crippen LogP contribution in [0.15, 0.2) is 31.8 Å². The van der Waals surface area contributed by atoms with Crippen LogP contribution >= 0.6 is 43.2 Å². The molecule has 1 amide bonds. The lowest BCUT2D eigenvalue weighted by atomic mass is 10.0. The standard InChI is InChI=1S/C14H12Br2N2OS/c15-12-7-10(13(16)20-12)14(19)18-5-1-2-8-3-4-9(17)6-11(8)18/h3-4,6-7H,1-2,5,17H2. The Morgan fingerprint density at radius 1 is 1.30 bits per heavy atom. The highest BCUT2D eigenvalue weighted by atomic mass is 79.9. The van der Waals surface area contributed by atoms with Gasteiger partial charge in [-0.3, -0.25) is 4.79 Å². The smallest absolute Gasteiger partial charge is 0.260 e. The van der Waals surface area contributed by atoms with Gasteiger partial charge in [-0.15, -0.1) is 11.3 Å².